The third kappa shape index (κ3) is 17.8. The van der Waals surface area contributed by atoms with Crippen LogP contribution in [-0.4, -0.2) is 38.6 Å². The smallest absolute Gasteiger partial charge is 0.00504 e. The summed E-state index contributed by atoms with van der Waals surface area (Å²) in [7, 11) is 4.07. The molecule has 0 saturated heterocycles. The number of hydrogen-bond donors (Lipinski definition) is 1. The van der Waals surface area contributed by atoms with Gasteiger partial charge in [0.25, 0.3) is 0 Å². The van der Waals surface area contributed by atoms with E-state index < -0.39 is 0 Å². The summed E-state index contributed by atoms with van der Waals surface area (Å²) in [6.07, 6.45) is 1.23. The van der Waals surface area contributed by atoms with Gasteiger partial charge < -0.3 is 10.2 Å². The molecule has 0 spiro atoms. The fourth-order valence-corrected chi connectivity index (χ4v) is 0.474. The third-order valence-electron chi connectivity index (χ3n) is 1.58. The van der Waals surface area contributed by atoms with Crippen LogP contribution in [0, 0.1) is 0 Å². The van der Waals surface area contributed by atoms with Gasteiger partial charge in [-0.3, -0.25) is 0 Å². The Balaban J connectivity index is 0. The fraction of sp³-hybridized carbons (Fsp3) is 1.00. The van der Waals surface area contributed by atoms with Gasteiger partial charge in [-0.1, -0.05) is 20.8 Å². The quantitative estimate of drug-likeness (QED) is 0.671. The maximum atomic E-state index is 3.02. The molecule has 0 aliphatic rings. The van der Waals surface area contributed by atoms with Crippen molar-refractivity contribution in [3.05, 3.63) is 0 Å². The number of hydrogen-bond acceptors (Lipinski definition) is 2. The predicted octanol–water partition coefficient (Wildman–Crippen LogP) is 1.57. The topological polar surface area (TPSA) is 15.3 Å². The largest absolute Gasteiger partial charge is 0.320 e. The van der Waals surface area contributed by atoms with E-state index in [-0.39, 0.29) is 0 Å². The Labute approximate surface area is 72.0 Å². The summed E-state index contributed by atoms with van der Waals surface area (Å²) in [6.45, 7) is 9.93. The first kappa shape index (κ1) is 13.5. The van der Waals surface area contributed by atoms with Crippen LogP contribution >= 0.6 is 0 Å². The van der Waals surface area contributed by atoms with Gasteiger partial charge in [0, 0.05) is 0 Å². The summed E-state index contributed by atoms with van der Waals surface area (Å²) in [5, 5.41) is 3.02. The summed E-state index contributed by atoms with van der Waals surface area (Å²) < 4.78 is 0. The zero-order valence-corrected chi connectivity index (χ0v) is 8.78. The lowest BCUT2D eigenvalue weighted by Crippen LogP contribution is -2.15. The molecule has 1 N–H and O–H groups in total. The van der Waals surface area contributed by atoms with Crippen molar-refractivity contribution in [2.24, 2.45) is 0 Å². The zero-order valence-electron chi connectivity index (χ0n) is 8.78. The van der Waals surface area contributed by atoms with Crippen LogP contribution in [0.3, 0.4) is 0 Å². The molecule has 0 fully saturated rings. The summed E-state index contributed by atoms with van der Waals surface area (Å²) in [5.74, 6) is 0. The summed E-state index contributed by atoms with van der Waals surface area (Å²) >= 11 is 0. The molecule has 2 nitrogen and oxygen atoms in total. The highest BCUT2D eigenvalue weighted by Crippen LogP contribution is 1.73. The number of nitrogens with one attached hydrogen (secondary N) is 1. The van der Waals surface area contributed by atoms with Gasteiger partial charge in [-0.15, -0.1) is 0 Å². The highest BCUT2D eigenvalue weighted by Gasteiger charge is 1.81. The predicted molar refractivity (Wildman–Crippen MR) is 53.1 cm³/mol. The first-order valence-corrected chi connectivity index (χ1v) is 4.55. The molecule has 0 heterocycles. The van der Waals surface area contributed by atoms with Crippen molar-refractivity contribution in [1.82, 2.24) is 10.2 Å². The first-order chi connectivity index (χ1) is 5.22. The van der Waals surface area contributed by atoms with Crippen molar-refractivity contribution >= 4 is 0 Å². The Bertz CT molecular complexity index is 49.5. The molecule has 0 aromatic rings. The maximum Gasteiger partial charge on any atom is -0.00504 e. The molecule has 0 atom stereocenters. The van der Waals surface area contributed by atoms with Crippen LogP contribution in [0.2, 0.25) is 0 Å². The maximum absolute atomic E-state index is 3.02. The van der Waals surface area contributed by atoms with E-state index in [2.05, 4.69) is 38.0 Å². The second-order valence-corrected chi connectivity index (χ2v) is 2.59. The summed E-state index contributed by atoms with van der Waals surface area (Å²) in [6, 6.07) is 0. The second kappa shape index (κ2) is 12.6. The Hall–Kier alpha value is -0.0800. The van der Waals surface area contributed by atoms with Gasteiger partial charge in [-0.05, 0) is 40.2 Å². The monoisotopic (exact) mass is 160 g/mol. The van der Waals surface area contributed by atoms with E-state index in [4.69, 9.17) is 0 Å². The molecule has 0 unspecified atom stereocenters. The van der Waals surface area contributed by atoms with E-state index in [1.807, 2.05) is 7.05 Å². The molecule has 0 saturated carbocycles. The third-order valence-corrected chi connectivity index (χ3v) is 1.58. The Morgan fingerprint density at radius 2 is 1.55 bits per heavy atom. The number of rotatable bonds is 4. The van der Waals surface area contributed by atoms with Gasteiger partial charge >= 0.3 is 0 Å². The normalized spacial score (nSPS) is 9.27. The van der Waals surface area contributed by atoms with Gasteiger partial charge in [-0.25, -0.2) is 0 Å². The van der Waals surface area contributed by atoms with Crippen LogP contribution in [0.5, 0.6) is 0 Å². The molecular formula is C9H24N2. The van der Waals surface area contributed by atoms with Crippen LogP contribution in [0.4, 0.5) is 0 Å². The Morgan fingerprint density at radius 1 is 1.09 bits per heavy atom. The van der Waals surface area contributed by atoms with Crippen molar-refractivity contribution in [3.63, 3.8) is 0 Å². The van der Waals surface area contributed by atoms with Crippen LogP contribution in [-0.2, 0) is 0 Å². The van der Waals surface area contributed by atoms with E-state index in [0.29, 0.717) is 0 Å². The zero-order chi connectivity index (χ0) is 9.11. The highest BCUT2D eigenvalue weighted by atomic mass is 15.1. The Morgan fingerprint density at radius 3 is 1.55 bits per heavy atom. The summed E-state index contributed by atoms with van der Waals surface area (Å²) in [4.78, 5) is 2.25. The lowest BCUT2D eigenvalue weighted by Gasteiger charge is -2.07. The van der Waals surface area contributed by atoms with Crippen molar-refractivity contribution < 1.29 is 0 Å². The van der Waals surface area contributed by atoms with Crippen LogP contribution in [0.1, 0.15) is 27.2 Å². The first-order valence-electron chi connectivity index (χ1n) is 4.55. The average molecular weight is 160 g/mol. The molecule has 0 aromatic heterocycles. The molecule has 11 heavy (non-hydrogen) atoms. The van der Waals surface area contributed by atoms with Gasteiger partial charge in [0.15, 0.2) is 0 Å². The van der Waals surface area contributed by atoms with Crippen LogP contribution < -0.4 is 5.32 Å². The van der Waals surface area contributed by atoms with Crippen molar-refractivity contribution in [3.8, 4) is 0 Å². The lowest BCUT2D eigenvalue weighted by atomic mass is 10.5. The van der Waals surface area contributed by atoms with Crippen molar-refractivity contribution in [2.45, 2.75) is 27.2 Å². The van der Waals surface area contributed by atoms with E-state index in [1.54, 1.807) is 0 Å². The Kier molecular flexibility index (Phi) is 15.4. The van der Waals surface area contributed by atoms with Gasteiger partial charge in [0.2, 0.25) is 0 Å². The lowest BCUT2D eigenvalue weighted by molar-refractivity contribution is 0.373. The molecule has 0 aliphatic carbocycles. The van der Waals surface area contributed by atoms with E-state index in [0.717, 1.165) is 19.6 Å². The molecule has 0 amide bonds. The minimum absolute atomic E-state index is 1.14. The van der Waals surface area contributed by atoms with Crippen molar-refractivity contribution in [2.75, 3.05) is 33.7 Å². The van der Waals surface area contributed by atoms with E-state index in [1.165, 1.54) is 6.42 Å². The molecule has 2 heteroatoms. The van der Waals surface area contributed by atoms with E-state index >= 15 is 0 Å². The molecule has 0 bridgehead atoms. The van der Waals surface area contributed by atoms with Gasteiger partial charge in [0.05, 0.1) is 0 Å². The number of nitrogens with zero attached hydrogens (tertiary/aromatic N) is 1. The molecular weight excluding hydrogens is 136 g/mol. The molecule has 0 aliphatic heterocycles. The average Bonchev–Trinajstić information content (AvgIpc) is 2.06. The fourth-order valence-electron chi connectivity index (χ4n) is 0.474. The highest BCUT2D eigenvalue weighted by molar-refractivity contribution is 4.36. The van der Waals surface area contributed by atoms with E-state index in [9.17, 15) is 0 Å². The van der Waals surface area contributed by atoms with Crippen LogP contribution in [0.15, 0.2) is 0 Å². The summed E-state index contributed by atoms with van der Waals surface area (Å²) in [5.41, 5.74) is 0. The molecule has 0 radical (unpaired) electrons. The van der Waals surface area contributed by atoms with Crippen molar-refractivity contribution in [1.29, 1.82) is 0 Å². The molecule has 70 valence electrons. The van der Waals surface area contributed by atoms with Gasteiger partial charge in [-0.2, -0.15) is 0 Å². The van der Waals surface area contributed by atoms with Crippen LogP contribution in [0.25, 0.3) is 0 Å². The standard InChI is InChI=1S/C5H13N.C4H11N/c1-4-6(3)5-2;1-3-4-5-2/h4-5H2,1-3H3;5H,3-4H2,1-2H3. The minimum atomic E-state index is 1.14. The van der Waals surface area contributed by atoms with Gasteiger partial charge in [0.1, 0.15) is 0 Å². The second-order valence-electron chi connectivity index (χ2n) is 2.59. The SMILES string of the molecule is CCCNC.CCN(C)CC. The molecule has 0 aromatic carbocycles. The molecule has 0 rings (SSSR count). The minimum Gasteiger partial charge on any atom is -0.320 e.